The Morgan fingerprint density at radius 3 is 2.55 bits per heavy atom. The van der Waals surface area contributed by atoms with Gasteiger partial charge in [0.1, 0.15) is 5.82 Å². The Morgan fingerprint density at radius 1 is 1.27 bits per heavy atom. The summed E-state index contributed by atoms with van der Waals surface area (Å²) >= 11 is 0. The van der Waals surface area contributed by atoms with Gasteiger partial charge in [0.25, 0.3) is 5.91 Å². The summed E-state index contributed by atoms with van der Waals surface area (Å²) in [5.74, 6) is -0.747. The number of halogens is 1. The number of aliphatic hydroxyl groups excluding tert-OH is 1. The lowest BCUT2D eigenvalue weighted by Crippen LogP contribution is -2.45. The molecule has 120 valence electrons. The Bertz CT molecular complexity index is 555. The van der Waals surface area contributed by atoms with Crippen molar-refractivity contribution in [3.63, 3.8) is 0 Å². The fourth-order valence-electron chi connectivity index (χ4n) is 3.76. The van der Waals surface area contributed by atoms with Crippen molar-refractivity contribution in [1.29, 1.82) is 0 Å². The maximum Gasteiger partial charge on any atom is 0.256 e. The van der Waals surface area contributed by atoms with E-state index in [1.807, 2.05) is 0 Å². The van der Waals surface area contributed by atoms with Crippen molar-refractivity contribution in [2.75, 3.05) is 33.2 Å². The Morgan fingerprint density at radius 2 is 1.95 bits per heavy atom. The zero-order valence-electron chi connectivity index (χ0n) is 13.0. The van der Waals surface area contributed by atoms with Crippen LogP contribution in [-0.4, -0.2) is 54.0 Å². The number of aliphatic hydroxyl groups is 1. The minimum atomic E-state index is -1.27. The lowest BCUT2D eigenvalue weighted by molar-refractivity contribution is -0.142. The van der Waals surface area contributed by atoms with Crippen LogP contribution in [0.5, 0.6) is 0 Å². The van der Waals surface area contributed by atoms with Crippen molar-refractivity contribution in [2.24, 2.45) is 5.41 Å². The Kier molecular flexibility index (Phi) is 4.19. The third-order valence-electron chi connectivity index (χ3n) is 5.16. The molecule has 0 aliphatic carbocycles. The molecular weight excluding hydrogens is 283 g/mol. The molecule has 2 fully saturated rings. The molecule has 2 aliphatic rings. The number of hydrogen-bond acceptors (Lipinski definition) is 3. The van der Waals surface area contributed by atoms with Gasteiger partial charge in [-0.25, -0.2) is 4.39 Å². The summed E-state index contributed by atoms with van der Waals surface area (Å²) in [4.78, 5) is 16.5. The first-order valence-corrected chi connectivity index (χ1v) is 7.90. The van der Waals surface area contributed by atoms with E-state index in [1.54, 1.807) is 11.0 Å². The molecule has 3 rings (SSSR count). The van der Waals surface area contributed by atoms with Gasteiger partial charge in [0.15, 0.2) is 6.10 Å². The quantitative estimate of drug-likeness (QED) is 0.906. The summed E-state index contributed by atoms with van der Waals surface area (Å²) < 4.78 is 13.2. The number of hydrogen-bond donors (Lipinski definition) is 1. The number of carbonyl (C=O) groups is 1. The highest BCUT2D eigenvalue weighted by Crippen LogP contribution is 2.40. The first-order valence-electron chi connectivity index (χ1n) is 7.90. The average molecular weight is 306 g/mol. The molecule has 22 heavy (non-hydrogen) atoms. The van der Waals surface area contributed by atoms with Gasteiger partial charge in [-0.1, -0.05) is 12.1 Å². The first kappa shape index (κ1) is 15.4. The molecular formula is C17H23FN2O2. The molecule has 4 nitrogen and oxygen atoms in total. The molecule has 1 aromatic carbocycles. The summed E-state index contributed by atoms with van der Waals surface area (Å²) in [7, 11) is 2.14. The predicted octanol–water partition coefficient (Wildman–Crippen LogP) is 1.80. The van der Waals surface area contributed by atoms with E-state index in [2.05, 4.69) is 11.9 Å². The second kappa shape index (κ2) is 5.97. The van der Waals surface area contributed by atoms with Gasteiger partial charge in [0, 0.05) is 19.6 Å². The second-order valence-corrected chi connectivity index (χ2v) is 6.77. The van der Waals surface area contributed by atoms with E-state index in [0.29, 0.717) is 24.1 Å². The molecule has 0 bridgehead atoms. The monoisotopic (exact) mass is 306 g/mol. The molecule has 2 saturated heterocycles. The van der Waals surface area contributed by atoms with E-state index in [0.717, 1.165) is 25.9 Å². The fraction of sp³-hybridized carbons (Fsp3) is 0.588. The Labute approximate surface area is 130 Å². The van der Waals surface area contributed by atoms with E-state index < -0.39 is 11.9 Å². The highest BCUT2D eigenvalue weighted by atomic mass is 19.1. The third-order valence-corrected chi connectivity index (χ3v) is 5.16. The predicted molar refractivity (Wildman–Crippen MR) is 81.7 cm³/mol. The lowest BCUT2D eigenvalue weighted by atomic mass is 9.77. The summed E-state index contributed by atoms with van der Waals surface area (Å²) in [6.45, 7) is 3.58. The van der Waals surface area contributed by atoms with Crippen LogP contribution in [0, 0.1) is 11.2 Å². The second-order valence-electron chi connectivity index (χ2n) is 6.77. The van der Waals surface area contributed by atoms with Crippen LogP contribution < -0.4 is 0 Å². The Hall–Kier alpha value is -1.46. The number of piperidine rings is 1. The molecule has 2 heterocycles. The van der Waals surface area contributed by atoms with E-state index in [9.17, 15) is 14.3 Å². The van der Waals surface area contributed by atoms with Crippen LogP contribution in [0.1, 0.15) is 30.9 Å². The molecule has 0 saturated carbocycles. The van der Waals surface area contributed by atoms with Crippen molar-refractivity contribution < 1.29 is 14.3 Å². The fourth-order valence-corrected chi connectivity index (χ4v) is 3.76. The zero-order chi connectivity index (χ0) is 15.7. The molecule has 0 radical (unpaired) electrons. The van der Waals surface area contributed by atoms with Gasteiger partial charge in [-0.05, 0) is 56.0 Å². The highest BCUT2D eigenvalue weighted by Gasteiger charge is 2.40. The van der Waals surface area contributed by atoms with Crippen LogP contribution in [0.4, 0.5) is 4.39 Å². The Balaban J connectivity index is 1.62. The van der Waals surface area contributed by atoms with Gasteiger partial charge < -0.3 is 14.9 Å². The van der Waals surface area contributed by atoms with Crippen LogP contribution in [0.25, 0.3) is 0 Å². The SMILES string of the molecule is CN1CCC2(CCN(C(=O)C(O)c3cccc(F)c3)CC2)C1. The van der Waals surface area contributed by atoms with Gasteiger partial charge in [-0.15, -0.1) is 0 Å². The zero-order valence-corrected chi connectivity index (χ0v) is 13.0. The van der Waals surface area contributed by atoms with Crippen molar-refractivity contribution in [3.05, 3.63) is 35.6 Å². The largest absolute Gasteiger partial charge is 0.378 e. The minimum Gasteiger partial charge on any atom is -0.378 e. The molecule has 1 unspecified atom stereocenters. The molecule has 5 heteroatoms. The van der Waals surface area contributed by atoms with E-state index in [-0.39, 0.29) is 5.91 Å². The van der Waals surface area contributed by atoms with E-state index in [1.165, 1.54) is 24.6 Å². The normalized spacial score (nSPS) is 23.0. The van der Waals surface area contributed by atoms with Crippen LogP contribution in [0.2, 0.25) is 0 Å². The number of carbonyl (C=O) groups excluding carboxylic acids is 1. The van der Waals surface area contributed by atoms with Crippen molar-refractivity contribution in [1.82, 2.24) is 9.80 Å². The van der Waals surface area contributed by atoms with Crippen molar-refractivity contribution >= 4 is 5.91 Å². The van der Waals surface area contributed by atoms with E-state index >= 15 is 0 Å². The van der Waals surface area contributed by atoms with Gasteiger partial charge in [0.2, 0.25) is 0 Å². The summed E-state index contributed by atoms with van der Waals surface area (Å²) in [6.07, 6.45) is 1.89. The standard InChI is InChI=1S/C17H23FN2O2/c1-19-8-5-17(12-19)6-9-20(10-7-17)16(22)15(21)13-3-2-4-14(18)11-13/h2-4,11,15,21H,5-10,12H2,1H3. The minimum absolute atomic E-state index is 0.313. The number of benzene rings is 1. The first-order chi connectivity index (χ1) is 10.5. The number of rotatable bonds is 2. The van der Waals surface area contributed by atoms with Crippen molar-refractivity contribution in [3.8, 4) is 0 Å². The molecule has 1 amide bonds. The molecule has 2 aliphatic heterocycles. The van der Waals surface area contributed by atoms with Crippen LogP contribution >= 0.6 is 0 Å². The molecule has 1 aromatic rings. The van der Waals surface area contributed by atoms with Crippen LogP contribution in [0.3, 0.4) is 0 Å². The summed E-state index contributed by atoms with van der Waals surface area (Å²) in [6, 6.07) is 5.63. The molecule has 1 N–H and O–H groups in total. The summed E-state index contributed by atoms with van der Waals surface area (Å²) in [5, 5.41) is 10.2. The topological polar surface area (TPSA) is 43.8 Å². The number of likely N-dealkylation sites (tertiary alicyclic amines) is 2. The van der Waals surface area contributed by atoms with Crippen LogP contribution in [0.15, 0.2) is 24.3 Å². The maximum atomic E-state index is 13.2. The van der Waals surface area contributed by atoms with E-state index in [4.69, 9.17) is 0 Å². The van der Waals surface area contributed by atoms with Crippen molar-refractivity contribution in [2.45, 2.75) is 25.4 Å². The number of amides is 1. The average Bonchev–Trinajstić information content (AvgIpc) is 2.87. The van der Waals surface area contributed by atoms with Gasteiger partial charge >= 0.3 is 0 Å². The molecule has 1 spiro atoms. The summed E-state index contributed by atoms with van der Waals surface area (Å²) in [5.41, 5.74) is 0.667. The molecule has 0 aromatic heterocycles. The lowest BCUT2D eigenvalue weighted by Gasteiger charge is -2.39. The smallest absolute Gasteiger partial charge is 0.256 e. The van der Waals surface area contributed by atoms with Crippen LogP contribution in [-0.2, 0) is 4.79 Å². The number of nitrogens with zero attached hydrogens (tertiary/aromatic N) is 2. The third kappa shape index (κ3) is 3.01. The highest BCUT2D eigenvalue weighted by molar-refractivity contribution is 5.82. The van der Waals surface area contributed by atoms with Gasteiger partial charge in [-0.2, -0.15) is 0 Å². The molecule has 1 atom stereocenters. The van der Waals surface area contributed by atoms with Gasteiger partial charge in [0.05, 0.1) is 0 Å². The maximum absolute atomic E-state index is 13.2. The van der Waals surface area contributed by atoms with Gasteiger partial charge in [-0.3, -0.25) is 4.79 Å².